The van der Waals surface area contributed by atoms with Gasteiger partial charge in [-0.1, -0.05) is 19.8 Å². The van der Waals surface area contributed by atoms with Crippen LogP contribution in [-0.4, -0.2) is 6.10 Å². The second-order valence-corrected chi connectivity index (χ2v) is 5.13. The molecule has 2 N–H and O–H groups in total. The SMILES string of the molecule is Cc1cc(COC2CCCCC2C)oc1CN. The number of aryl methyl sites for hydroxylation is 1. The Morgan fingerprint density at radius 3 is 2.82 bits per heavy atom. The Hall–Kier alpha value is -0.800. The summed E-state index contributed by atoms with van der Waals surface area (Å²) in [5.74, 6) is 2.45. The molecule has 1 aliphatic rings. The molecule has 3 nitrogen and oxygen atoms in total. The summed E-state index contributed by atoms with van der Waals surface area (Å²) in [6.45, 7) is 5.35. The number of furan rings is 1. The summed E-state index contributed by atoms with van der Waals surface area (Å²) in [5, 5.41) is 0. The van der Waals surface area contributed by atoms with Gasteiger partial charge in [0.05, 0.1) is 12.6 Å². The van der Waals surface area contributed by atoms with Gasteiger partial charge in [-0.05, 0) is 37.3 Å². The Morgan fingerprint density at radius 2 is 2.18 bits per heavy atom. The van der Waals surface area contributed by atoms with Crippen molar-refractivity contribution in [3.05, 3.63) is 23.2 Å². The molecule has 2 rings (SSSR count). The van der Waals surface area contributed by atoms with E-state index in [1.807, 2.05) is 13.0 Å². The van der Waals surface area contributed by atoms with Crippen molar-refractivity contribution < 1.29 is 9.15 Å². The summed E-state index contributed by atoms with van der Waals surface area (Å²) < 4.78 is 11.6. The van der Waals surface area contributed by atoms with Crippen molar-refractivity contribution in [2.45, 2.75) is 58.8 Å². The number of ether oxygens (including phenoxy) is 1. The zero-order valence-corrected chi connectivity index (χ0v) is 10.9. The maximum Gasteiger partial charge on any atom is 0.130 e. The lowest BCUT2D eigenvalue weighted by Gasteiger charge is -2.28. The molecule has 3 heteroatoms. The van der Waals surface area contributed by atoms with Gasteiger partial charge in [-0.3, -0.25) is 0 Å². The summed E-state index contributed by atoms with van der Waals surface area (Å²) in [6.07, 6.45) is 5.51. The van der Waals surface area contributed by atoms with E-state index >= 15 is 0 Å². The molecule has 96 valence electrons. The molecule has 2 atom stereocenters. The van der Waals surface area contributed by atoms with Gasteiger partial charge in [0.2, 0.25) is 0 Å². The standard InChI is InChI=1S/C14H23NO2/c1-10-5-3-4-6-13(10)16-9-12-7-11(2)14(8-15)17-12/h7,10,13H,3-6,8-9,15H2,1-2H3. The van der Waals surface area contributed by atoms with Crippen molar-refractivity contribution in [3.63, 3.8) is 0 Å². The summed E-state index contributed by atoms with van der Waals surface area (Å²) in [6, 6.07) is 2.04. The molecule has 0 aromatic carbocycles. The zero-order valence-electron chi connectivity index (χ0n) is 10.9. The largest absolute Gasteiger partial charge is 0.462 e. The van der Waals surface area contributed by atoms with Gasteiger partial charge >= 0.3 is 0 Å². The Bertz CT molecular complexity index is 359. The average Bonchev–Trinajstić information content (AvgIpc) is 2.69. The van der Waals surface area contributed by atoms with Gasteiger partial charge in [-0.15, -0.1) is 0 Å². The van der Waals surface area contributed by atoms with Crippen molar-refractivity contribution in [1.82, 2.24) is 0 Å². The molecular formula is C14H23NO2. The maximum atomic E-state index is 5.96. The second kappa shape index (κ2) is 5.69. The van der Waals surface area contributed by atoms with Gasteiger partial charge in [0.1, 0.15) is 18.1 Å². The second-order valence-electron chi connectivity index (χ2n) is 5.13. The van der Waals surface area contributed by atoms with Crippen LogP contribution in [0.5, 0.6) is 0 Å². The third-order valence-electron chi connectivity index (χ3n) is 3.73. The highest BCUT2D eigenvalue weighted by Crippen LogP contribution is 2.27. The topological polar surface area (TPSA) is 48.4 Å². The molecule has 0 amide bonds. The Balaban J connectivity index is 1.88. The minimum Gasteiger partial charge on any atom is -0.462 e. The summed E-state index contributed by atoms with van der Waals surface area (Å²) in [5.41, 5.74) is 6.72. The van der Waals surface area contributed by atoms with E-state index in [-0.39, 0.29) is 0 Å². The number of nitrogens with two attached hydrogens (primary N) is 1. The van der Waals surface area contributed by atoms with Crippen LogP contribution in [0.15, 0.2) is 10.5 Å². The van der Waals surface area contributed by atoms with Gasteiger partial charge in [-0.2, -0.15) is 0 Å². The van der Waals surface area contributed by atoms with E-state index in [9.17, 15) is 0 Å². The van der Waals surface area contributed by atoms with Crippen LogP contribution in [0, 0.1) is 12.8 Å². The minimum absolute atomic E-state index is 0.399. The van der Waals surface area contributed by atoms with Crippen molar-refractivity contribution in [1.29, 1.82) is 0 Å². The van der Waals surface area contributed by atoms with Crippen LogP contribution in [0.1, 0.15) is 49.7 Å². The molecule has 0 spiro atoms. The van der Waals surface area contributed by atoms with E-state index in [1.165, 1.54) is 25.7 Å². The van der Waals surface area contributed by atoms with E-state index in [2.05, 4.69) is 6.92 Å². The third-order valence-corrected chi connectivity index (χ3v) is 3.73. The first-order valence-electron chi connectivity index (χ1n) is 6.60. The summed E-state index contributed by atoms with van der Waals surface area (Å²) in [4.78, 5) is 0. The Kier molecular flexibility index (Phi) is 4.24. The van der Waals surface area contributed by atoms with Gasteiger partial charge in [-0.25, -0.2) is 0 Å². The van der Waals surface area contributed by atoms with E-state index in [1.54, 1.807) is 0 Å². The van der Waals surface area contributed by atoms with Crippen LogP contribution in [-0.2, 0) is 17.9 Å². The van der Waals surface area contributed by atoms with Gasteiger partial charge in [0.25, 0.3) is 0 Å². The van der Waals surface area contributed by atoms with Gasteiger partial charge in [0, 0.05) is 0 Å². The smallest absolute Gasteiger partial charge is 0.130 e. The number of rotatable bonds is 4. The summed E-state index contributed by atoms with van der Waals surface area (Å²) in [7, 11) is 0. The lowest BCUT2D eigenvalue weighted by molar-refractivity contribution is -0.0222. The molecule has 0 saturated heterocycles. The monoisotopic (exact) mass is 237 g/mol. The molecule has 0 aliphatic heterocycles. The molecule has 1 fully saturated rings. The normalized spacial score (nSPS) is 25.1. The van der Waals surface area contributed by atoms with Crippen molar-refractivity contribution in [2.75, 3.05) is 0 Å². The third kappa shape index (κ3) is 3.11. The van der Waals surface area contributed by atoms with Crippen LogP contribution < -0.4 is 5.73 Å². The van der Waals surface area contributed by atoms with Gasteiger partial charge < -0.3 is 14.9 Å². The highest BCUT2D eigenvalue weighted by Gasteiger charge is 2.22. The molecule has 1 aromatic rings. The first-order valence-corrected chi connectivity index (χ1v) is 6.60. The van der Waals surface area contributed by atoms with Crippen LogP contribution in [0.3, 0.4) is 0 Å². The molecule has 1 aromatic heterocycles. The number of hydrogen-bond donors (Lipinski definition) is 1. The molecule has 0 radical (unpaired) electrons. The van der Waals surface area contributed by atoms with E-state index in [0.29, 0.717) is 25.2 Å². The first-order chi connectivity index (χ1) is 8.20. The fraction of sp³-hybridized carbons (Fsp3) is 0.714. The Morgan fingerprint density at radius 1 is 1.41 bits per heavy atom. The van der Waals surface area contributed by atoms with E-state index in [0.717, 1.165) is 17.1 Å². The van der Waals surface area contributed by atoms with E-state index < -0.39 is 0 Å². The lowest BCUT2D eigenvalue weighted by Crippen LogP contribution is -2.25. The van der Waals surface area contributed by atoms with E-state index in [4.69, 9.17) is 14.9 Å². The molecule has 17 heavy (non-hydrogen) atoms. The first kappa shape index (κ1) is 12.7. The fourth-order valence-electron chi connectivity index (χ4n) is 2.58. The molecule has 1 aliphatic carbocycles. The van der Waals surface area contributed by atoms with Crippen molar-refractivity contribution in [2.24, 2.45) is 11.7 Å². The average molecular weight is 237 g/mol. The highest BCUT2D eigenvalue weighted by molar-refractivity contribution is 5.19. The van der Waals surface area contributed by atoms with Crippen LogP contribution in [0.4, 0.5) is 0 Å². The zero-order chi connectivity index (χ0) is 12.3. The predicted molar refractivity (Wildman–Crippen MR) is 67.5 cm³/mol. The predicted octanol–water partition coefficient (Wildman–Crippen LogP) is 3.14. The van der Waals surface area contributed by atoms with Crippen molar-refractivity contribution >= 4 is 0 Å². The van der Waals surface area contributed by atoms with Crippen LogP contribution in [0.2, 0.25) is 0 Å². The maximum absolute atomic E-state index is 5.96. The number of hydrogen-bond acceptors (Lipinski definition) is 3. The van der Waals surface area contributed by atoms with Crippen LogP contribution >= 0.6 is 0 Å². The minimum atomic E-state index is 0.399. The molecular weight excluding hydrogens is 214 g/mol. The molecule has 1 saturated carbocycles. The van der Waals surface area contributed by atoms with Gasteiger partial charge in [0.15, 0.2) is 0 Å². The van der Waals surface area contributed by atoms with Crippen molar-refractivity contribution in [3.8, 4) is 0 Å². The Labute approximate surface area is 103 Å². The summed E-state index contributed by atoms with van der Waals surface area (Å²) >= 11 is 0. The highest BCUT2D eigenvalue weighted by atomic mass is 16.5. The molecule has 2 unspecified atom stereocenters. The molecule has 1 heterocycles. The van der Waals surface area contributed by atoms with Crippen LogP contribution in [0.25, 0.3) is 0 Å². The fourth-order valence-corrected chi connectivity index (χ4v) is 2.58. The quantitative estimate of drug-likeness (QED) is 0.875. The molecule has 0 bridgehead atoms. The lowest BCUT2D eigenvalue weighted by atomic mass is 9.88.